The minimum atomic E-state index is -3.67. The van der Waals surface area contributed by atoms with Crippen LogP contribution in [0.3, 0.4) is 0 Å². The lowest BCUT2D eigenvalue weighted by Gasteiger charge is -2.32. The highest BCUT2D eigenvalue weighted by molar-refractivity contribution is 7.92. The third-order valence-electron chi connectivity index (χ3n) is 6.59. The Morgan fingerprint density at radius 3 is 2.24 bits per heavy atom. The zero-order chi connectivity index (χ0) is 29.8. The van der Waals surface area contributed by atoms with Crippen LogP contribution < -0.4 is 14.4 Å². The number of carbonyl (C=O) groups is 2. The smallest absolute Gasteiger partial charge is 0.243 e. The average molecular weight is 584 g/mol. The van der Waals surface area contributed by atoms with Gasteiger partial charge in [0.25, 0.3) is 0 Å². The zero-order valence-electron chi connectivity index (χ0n) is 23.8. The van der Waals surface area contributed by atoms with E-state index in [1.807, 2.05) is 37.3 Å². The van der Waals surface area contributed by atoms with Crippen molar-refractivity contribution in [3.8, 4) is 5.75 Å². The molecule has 1 atom stereocenters. The van der Waals surface area contributed by atoms with E-state index >= 15 is 0 Å². The Balaban J connectivity index is 1.88. The Labute approximate surface area is 242 Å². The van der Waals surface area contributed by atoms with E-state index in [0.29, 0.717) is 30.0 Å². The van der Waals surface area contributed by atoms with Crippen molar-refractivity contribution in [2.75, 3.05) is 30.8 Å². The van der Waals surface area contributed by atoms with Crippen LogP contribution >= 0.6 is 0 Å². The van der Waals surface area contributed by atoms with Crippen molar-refractivity contribution in [1.29, 1.82) is 0 Å². The normalized spacial score (nSPS) is 11.9. The van der Waals surface area contributed by atoms with Crippen LogP contribution in [-0.4, -0.2) is 57.6 Å². The number of amides is 2. The van der Waals surface area contributed by atoms with E-state index in [0.717, 1.165) is 18.2 Å². The maximum absolute atomic E-state index is 13.8. The first-order valence-electron chi connectivity index (χ1n) is 13.6. The molecular weight excluding hydrogens is 545 g/mol. The number of rotatable bonds is 15. The van der Waals surface area contributed by atoms with Crippen molar-refractivity contribution in [2.24, 2.45) is 0 Å². The summed E-state index contributed by atoms with van der Waals surface area (Å²) in [5, 5.41) is 2.92. The Morgan fingerprint density at radius 2 is 1.61 bits per heavy atom. The van der Waals surface area contributed by atoms with Crippen LogP contribution in [-0.2, 0) is 32.6 Å². The molecule has 0 bridgehead atoms. The summed E-state index contributed by atoms with van der Waals surface area (Å²) >= 11 is 0. The third-order valence-corrected chi connectivity index (χ3v) is 7.77. The highest BCUT2D eigenvalue weighted by atomic mass is 32.2. The first kappa shape index (κ1) is 31.6. The lowest BCUT2D eigenvalue weighted by atomic mass is 10.0. The van der Waals surface area contributed by atoms with Gasteiger partial charge in [0.15, 0.2) is 0 Å². The summed E-state index contributed by atoms with van der Waals surface area (Å²) in [7, 11) is -2.21. The van der Waals surface area contributed by atoms with Gasteiger partial charge in [-0.1, -0.05) is 61.5 Å². The molecule has 0 aliphatic rings. The van der Waals surface area contributed by atoms with E-state index in [-0.39, 0.29) is 37.7 Å². The number of ether oxygens (including phenoxy) is 1. The predicted octanol–water partition coefficient (Wildman–Crippen LogP) is 4.55. The van der Waals surface area contributed by atoms with Crippen molar-refractivity contribution in [3.63, 3.8) is 0 Å². The van der Waals surface area contributed by atoms with Crippen LogP contribution in [0.25, 0.3) is 0 Å². The van der Waals surface area contributed by atoms with E-state index < -0.39 is 21.9 Å². The maximum atomic E-state index is 13.8. The topological polar surface area (TPSA) is 96.0 Å². The number of para-hydroxylation sites is 2. The Kier molecular flexibility index (Phi) is 11.7. The first-order chi connectivity index (χ1) is 19.6. The fourth-order valence-corrected chi connectivity index (χ4v) is 5.49. The van der Waals surface area contributed by atoms with Gasteiger partial charge in [0.05, 0.1) is 19.1 Å². The summed E-state index contributed by atoms with van der Waals surface area (Å²) in [6.45, 7) is 2.55. The van der Waals surface area contributed by atoms with Crippen molar-refractivity contribution >= 4 is 27.5 Å². The molecule has 0 spiro atoms. The molecular formula is C31H38FN3O5S. The molecule has 3 aromatic rings. The van der Waals surface area contributed by atoms with Crippen LogP contribution in [0.5, 0.6) is 5.75 Å². The van der Waals surface area contributed by atoms with E-state index in [1.54, 1.807) is 36.4 Å². The number of benzene rings is 3. The molecule has 3 aromatic carbocycles. The number of nitrogens with zero attached hydrogens (tertiary/aromatic N) is 2. The summed E-state index contributed by atoms with van der Waals surface area (Å²) in [5.41, 5.74) is 1.95. The van der Waals surface area contributed by atoms with E-state index in [9.17, 15) is 22.4 Å². The number of hydrogen-bond acceptors (Lipinski definition) is 5. The van der Waals surface area contributed by atoms with Crippen LogP contribution in [0, 0.1) is 5.82 Å². The van der Waals surface area contributed by atoms with Gasteiger partial charge >= 0.3 is 0 Å². The van der Waals surface area contributed by atoms with Gasteiger partial charge in [-0.25, -0.2) is 12.8 Å². The number of sulfonamides is 1. The van der Waals surface area contributed by atoms with Gasteiger partial charge in [0, 0.05) is 32.5 Å². The van der Waals surface area contributed by atoms with Crippen LogP contribution in [0.15, 0.2) is 78.9 Å². The lowest BCUT2D eigenvalue weighted by Crippen LogP contribution is -2.50. The number of anilines is 1. The second-order valence-corrected chi connectivity index (χ2v) is 11.7. The summed E-state index contributed by atoms with van der Waals surface area (Å²) in [4.78, 5) is 28.7. The predicted molar refractivity (Wildman–Crippen MR) is 159 cm³/mol. The molecule has 3 rings (SSSR count). The van der Waals surface area contributed by atoms with Crippen LogP contribution in [0.1, 0.15) is 37.3 Å². The zero-order valence-corrected chi connectivity index (χ0v) is 24.6. The van der Waals surface area contributed by atoms with Gasteiger partial charge in [0.2, 0.25) is 21.8 Å². The molecule has 220 valence electrons. The van der Waals surface area contributed by atoms with Gasteiger partial charge in [-0.05, 0) is 48.2 Å². The highest BCUT2D eigenvalue weighted by Gasteiger charge is 2.30. The molecule has 0 saturated carbocycles. The van der Waals surface area contributed by atoms with Gasteiger partial charge in [-0.3, -0.25) is 13.9 Å². The van der Waals surface area contributed by atoms with Gasteiger partial charge in [0.1, 0.15) is 17.6 Å². The Hall–Kier alpha value is -3.92. The summed E-state index contributed by atoms with van der Waals surface area (Å²) < 4.78 is 45.5. The third kappa shape index (κ3) is 9.31. The molecule has 0 fully saturated rings. The molecule has 0 unspecified atom stereocenters. The molecule has 0 aromatic heterocycles. The molecule has 1 N–H and O–H groups in total. The Morgan fingerprint density at radius 1 is 0.951 bits per heavy atom. The van der Waals surface area contributed by atoms with E-state index in [4.69, 9.17) is 4.74 Å². The largest absolute Gasteiger partial charge is 0.495 e. The van der Waals surface area contributed by atoms with Crippen molar-refractivity contribution in [3.05, 3.63) is 95.8 Å². The van der Waals surface area contributed by atoms with Crippen molar-refractivity contribution in [2.45, 2.75) is 45.2 Å². The Bertz CT molecular complexity index is 1380. The summed E-state index contributed by atoms with van der Waals surface area (Å²) in [5.74, 6) is -0.587. The molecule has 0 aliphatic heterocycles. The average Bonchev–Trinajstić information content (AvgIpc) is 2.96. The number of methoxy groups -OCH3 is 1. The maximum Gasteiger partial charge on any atom is 0.243 e. The summed E-state index contributed by atoms with van der Waals surface area (Å²) in [6, 6.07) is 21.2. The summed E-state index contributed by atoms with van der Waals surface area (Å²) in [6.07, 6.45) is 2.34. The molecule has 0 aliphatic carbocycles. The lowest BCUT2D eigenvalue weighted by molar-refractivity contribution is -0.141. The van der Waals surface area contributed by atoms with Crippen molar-refractivity contribution in [1.82, 2.24) is 10.2 Å². The first-order valence-corrected chi connectivity index (χ1v) is 15.4. The molecule has 0 saturated heterocycles. The van der Waals surface area contributed by atoms with E-state index in [1.165, 1.54) is 28.4 Å². The molecule has 2 amide bonds. The number of nitrogens with one attached hydrogen (secondary N) is 1. The van der Waals surface area contributed by atoms with Gasteiger partial charge in [-0.15, -0.1) is 0 Å². The quantitative estimate of drug-likeness (QED) is 0.283. The second-order valence-electron chi connectivity index (χ2n) is 9.76. The number of halogens is 1. The fourth-order valence-electron chi connectivity index (χ4n) is 4.52. The fraction of sp³-hybridized carbons (Fsp3) is 0.355. The minimum absolute atomic E-state index is 0.00525. The standard InChI is InChI=1S/C31H38FN3O5S/c1-4-20-33-31(37)28(22-24-11-6-5-7-12-24)34(23-25-16-18-26(32)19-17-25)30(36)15-10-21-35(41(3,38)39)27-13-8-9-14-29(27)40-2/h5-9,11-14,16-19,28H,4,10,15,20-23H2,1-3H3,(H,33,37)/t28-/m0/s1. The molecule has 41 heavy (non-hydrogen) atoms. The number of hydrogen-bond donors (Lipinski definition) is 1. The monoisotopic (exact) mass is 583 g/mol. The molecule has 0 heterocycles. The van der Waals surface area contributed by atoms with Crippen LogP contribution in [0.2, 0.25) is 0 Å². The molecule has 10 heteroatoms. The van der Waals surface area contributed by atoms with Gasteiger partial charge in [-0.2, -0.15) is 0 Å². The molecule has 0 radical (unpaired) electrons. The number of carbonyl (C=O) groups excluding carboxylic acids is 2. The van der Waals surface area contributed by atoms with E-state index in [2.05, 4.69) is 5.32 Å². The van der Waals surface area contributed by atoms with Crippen molar-refractivity contribution < 1.29 is 27.1 Å². The minimum Gasteiger partial charge on any atom is -0.495 e. The van der Waals surface area contributed by atoms with Gasteiger partial charge < -0.3 is 15.0 Å². The van der Waals surface area contributed by atoms with Crippen LogP contribution in [0.4, 0.5) is 10.1 Å². The molecule has 8 nitrogen and oxygen atoms in total. The highest BCUT2D eigenvalue weighted by Crippen LogP contribution is 2.30. The SMILES string of the molecule is CCCNC(=O)[C@H](Cc1ccccc1)N(Cc1ccc(F)cc1)C(=O)CCCN(c1ccccc1OC)S(C)(=O)=O. The second kappa shape index (κ2) is 15.2.